The Morgan fingerprint density at radius 2 is 1.68 bits per heavy atom. The zero-order valence-corrected chi connectivity index (χ0v) is 20.8. The molecule has 0 bridgehead atoms. The molecule has 1 fully saturated rings. The van der Waals surface area contributed by atoms with Gasteiger partial charge >= 0.3 is 0 Å². The topological polar surface area (TPSA) is 54.3 Å². The minimum absolute atomic E-state index is 0.00935. The van der Waals surface area contributed by atoms with Crippen molar-refractivity contribution in [3.8, 4) is 0 Å². The fourth-order valence-electron chi connectivity index (χ4n) is 3.95. The Kier molecular flexibility index (Phi) is 6.08. The molecule has 0 spiro atoms. The van der Waals surface area contributed by atoms with Crippen molar-refractivity contribution < 1.29 is 9.59 Å². The maximum absolute atomic E-state index is 13.4. The van der Waals surface area contributed by atoms with E-state index in [1.54, 1.807) is 30.3 Å². The minimum atomic E-state index is -0.523. The van der Waals surface area contributed by atoms with Crippen molar-refractivity contribution in [3.63, 3.8) is 0 Å². The summed E-state index contributed by atoms with van der Waals surface area (Å²) >= 11 is 14.7. The number of hydrogen-bond acceptors (Lipinski definition) is 3. The lowest BCUT2D eigenvalue weighted by atomic mass is 10.1. The molecular formula is C26H17BrClN3O2S. The molecule has 2 heterocycles. The molecular weight excluding hydrogens is 534 g/mol. The summed E-state index contributed by atoms with van der Waals surface area (Å²) < 4.78 is 3.13. The third kappa shape index (κ3) is 4.30. The van der Waals surface area contributed by atoms with Crippen LogP contribution in [0.3, 0.4) is 0 Å². The first kappa shape index (κ1) is 22.5. The SMILES string of the molecule is O=C1NC(=S)N(c2ccc(Cl)cc2)C(=O)C1=Cc1cn(Cc2ccc(Br)cc2)c2ccccc12. The Bertz CT molecular complexity index is 1480. The summed E-state index contributed by atoms with van der Waals surface area (Å²) in [6.45, 7) is 0.651. The number of halogens is 2. The Balaban J connectivity index is 1.56. The minimum Gasteiger partial charge on any atom is -0.342 e. The second-order valence-electron chi connectivity index (χ2n) is 7.79. The molecule has 0 atom stereocenters. The predicted molar refractivity (Wildman–Crippen MR) is 143 cm³/mol. The number of para-hydroxylation sites is 1. The molecule has 4 aromatic rings. The van der Waals surface area contributed by atoms with Crippen molar-refractivity contribution in [2.45, 2.75) is 6.54 Å². The van der Waals surface area contributed by atoms with Crippen molar-refractivity contribution in [3.05, 3.63) is 105 Å². The summed E-state index contributed by atoms with van der Waals surface area (Å²) in [7, 11) is 0. The van der Waals surface area contributed by atoms with Crippen molar-refractivity contribution in [2.75, 3.05) is 4.90 Å². The molecule has 1 aliphatic rings. The number of rotatable bonds is 4. The summed E-state index contributed by atoms with van der Waals surface area (Å²) in [6, 6.07) is 22.7. The van der Waals surface area contributed by atoms with E-state index in [2.05, 4.69) is 37.9 Å². The van der Waals surface area contributed by atoms with E-state index in [-0.39, 0.29) is 10.7 Å². The summed E-state index contributed by atoms with van der Waals surface area (Å²) in [5.41, 5.74) is 3.45. The average molecular weight is 551 g/mol. The van der Waals surface area contributed by atoms with E-state index in [9.17, 15) is 9.59 Å². The molecule has 34 heavy (non-hydrogen) atoms. The van der Waals surface area contributed by atoms with E-state index in [1.807, 2.05) is 42.6 Å². The van der Waals surface area contributed by atoms with Crippen LogP contribution < -0.4 is 10.2 Å². The van der Waals surface area contributed by atoms with Gasteiger partial charge in [0.25, 0.3) is 11.8 Å². The standard InChI is InChI=1S/C26H17BrClN3O2S/c27-18-7-5-16(6-8-18)14-30-15-17(21-3-1-2-4-23(21)30)13-22-24(32)29-26(34)31(25(22)33)20-11-9-19(28)10-12-20/h1-13,15H,14H2,(H,29,32,34). The van der Waals surface area contributed by atoms with Gasteiger partial charge in [0.05, 0.1) is 5.69 Å². The molecule has 3 aromatic carbocycles. The van der Waals surface area contributed by atoms with Crippen LogP contribution in [0.25, 0.3) is 17.0 Å². The lowest BCUT2D eigenvalue weighted by Gasteiger charge is -2.28. The first-order valence-electron chi connectivity index (χ1n) is 10.4. The molecule has 2 amide bonds. The third-order valence-electron chi connectivity index (χ3n) is 5.57. The highest BCUT2D eigenvalue weighted by Crippen LogP contribution is 2.28. The monoisotopic (exact) mass is 549 g/mol. The van der Waals surface area contributed by atoms with Crippen molar-refractivity contribution in [1.82, 2.24) is 9.88 Å². The van der Waals surface area contributed by atoms with Crippen molar-refractivity contribution in [1.29, 1.82) is 0 Å². The van der Waals surface area contributed by atoms with E-state index in [0.717, 1.165) is 26.5 Å². The van der Waals surface area contributed by atoms with Gasteiger partial charge in [0.15, 0.2) is 5.11 Å². The molecule has 0 radical (unpaired) electrons. The molecule has 0 unspecified atom stereocenters. The molecule has 168 valence electrons. The van der Waals surface area contributed by atoms with E-state index in [0.29, 0.717) is 17.3 Å². The van der Waals surface area contributed by atoms with Crippen LogP contribution in [-0.4, -0.2) is 21.5 Å². The third-order valence-corrected chi connectivity index (χ3v) is 6.64. The quantitative estimate of drug-likeness (QED) is 0.194. The Morgan fingerprint density at radius 3 is 2.41 bits per heavy atom. The second-order valence-corrected chi connectivity index (χ2v) is 9.53. The number of nitrogens with zero attached hydrogens (tertiary/aromatic N) is 2. The number of aromatic nitrogens is 1. The maximum atomic E-state index is 13.4. The molecule has 1 saturated heterocycles. The highest BCUT2D eigenvalue weighted by molar-refractivity contribution is 9.10. The number of benzene rings is 3. The largest absolute Gasteiger partial charge is 0.342 e. The highest BCUT2D eigenvalue weighted by atomic mass is 79.9. The van der Waals surface area contributed by atoms with E-state index in [1.165, 1.54) is 4.90 Å². The van der Waals surface area contributed by atoms with Gasteiger partial charge in [0, 0.05) is 38.7 Å². The number of hydrogen-bond donors (Lipinski definition) is 1. The average Bonchev–Trinajstić information content (AvgIpc) is 3.16. The van der Waals surface area contributed by atoms with Gasteiger partial charge in [-0.25, -0.2) is 0 Å². The molecule has 0 aliphatic carbocycles. The lowest BCUT2D eigenvalue weighted by Crippen LogP contribution is -2.54. The molecule has 1 N–H and O–H groups in total. The van der Waals surface area contributed by atoms with E-state index < -0.39 is 11.8 Å². The van der Waals surface area contributed by atoms with Gasteiger partial charge in [0.1, 0.15) is 5.57 Å². The second kappa shape index (κ2) is 9.18. The molecule has 8 heteroatoms. The van der Waals surface area contributed by atoms with E-state index in [4.69, 9.17) is 23.8 Å². The fraction of sp³-hybridized carbons (Fsp3) is 0.0385. The number of carbonyl (C=O) groups excluding carboxylic acids is 2. The first-order chi connectivity index (χ1) is 16.4. The van der Waals surface area contributed by atoms with Gasteiger partial charge in [-0.2, -0.15) is 0 Å². The van der Waals surface area contributed by atoms with Crippen molar-refractivity contribution in [2.24, 2.45) is 0 Å². The summed E-state index contributed by atoms with van der Waals surface area (Å²) in [5, 5.41) is 4.15. The molecule has 5 rings (SSSR count). The van der Waals surface area contributed by atoms with Crippen LogP contribution in [0, 0.1) is 0 Å². The number of nitrogens with one attached hydrogen (secondary N) is 1. The van der Waals surface area contributed by atoms with Crippen LogP contribution in [0.1, 0.15) is 11.1 Å². The van der Waals surface area contributed by atoms with Gasteiger partial charge in [-0.3, -0.25) is 19.8 Å². The fourth-order valence-corrected chi connectivity index (χ4v) is 4.62. The number of thiocarbonyl (C=S) groups is 1. The highest BCUT2D eigenvalue weighted by Gasteiger charge is 2.34. The van der Waals surface area contributed by atoms with Crippen LogP contribution in [0.2, 0.25) is 5.02 Å². The number of amides is 2. The maximum Gasteiger partial charge on any atom is 0.270 e. The molecule has 5 nitrogen and oxygen atoms in total. The lowest BCUT2D eigenvalue weighted by molar-refractivity contribution is -0.122. The number of anilines is 1. The molecule has 1 aliphatic heterocycles. The van der Waals surface area contributed by atoms with Crippen LogP contribution >= 0.6 is 39.7 Å². The van der Waals surface area contributed by atoms with E-state index >= 15 is 0 Å². The zero-order chi connectivity index (χ0) is 23.8. The number of fused-ring (bicyclic) bond motifs is 1. The zero-order valence-electron chi connectivity index (χ0n) is 17.7. The molecule has 1 aromatic heterocycles. The van der Waals surface area contributed by atoms with Gasteiger partial charge in [-0.05, 0) is 66.3 Å². The van der Waals surface area contributed by atoms with Crippen LogP contribution in [0.15, 0.2) is 89.0 Å². The summed E-state index contributed by atoms with van der Waals surface area (Å²) in [5.74, 6) is -1.01. The van der Waals surface area contributed by atoms with Gasteiger partial charge in [-0.15, -0.1) is 0 Å². The van der Waals surface area contributed by atoms with Crippen LogP contribution in [-0.2, 0) is 16.1 Å². The molecule has 0 saturated carbocycles. The summed E-state index contributed by atoms with van der Waals surface area (Å²) in [4.78, 5) is 27.4. The van der Waals surface area contributed by atoms with Gasteiger partial charge < -0.3 is 4.57 Å². The predicted octanol–water partition coefficient (Wildman–Crippen LogP) is 5.94. The van der Waals surface area contributed by atoms with Gasteiger partial charge in [-0.1, -0.05) is 57.9 Å². The Labute approximate surface area is 214 Å². The van der Waals surface area contributed by atoms with Crippen molar-refractivity contribution >= 4 is 79.3 Å². The van der Waals surface area contributed by atoms with Gasteiger partial charge in [0.2, 0.25) is 0 Å². The summed E-state index contributed by atoms with van der Waals surface area (Å²) in [6.07, 6.45) is 3.59. The Hall–Kier alpha value is -3.26. The number of carbonyl (C=O) groups is 2. The first-order valence-corrected chi connectivity index (χ1v) is 12.0. The normalized spacial score (nSPS) is 15.3. The Morgan fingerprint density at radius 1 is 0.971 bits per heavy atom. The smallest absolute Gasteiger partial charge is 0.270 e. The van der Waals surface area contributed by atoms with Crippen LogP contribution in [0.5, 0.6) is 0 Å². The van der Waals surface area contributed by atoms with Crippen LogP contribution in [0.4, 0.5) is 5.69 Å².